The maximum atomic E-state index is 12.8. The molecule has 4 heterocycles. The SMILES string of the molecule is O=C1NCCN1C1CCN(Cc2cc(=O)n3c(-c4ccccc4)csc3n2)CC1. The maximum absolute atomic E-state index is 12.8. The third-order valence-corrected chi connectivity index (χ3v) is 6.63. The Kier molecular flexibility index (Phi) is 4.81. The second kappa shape index (κ2) is 7.61. The van der Waals surface area contributed by atoms with Crippen LogP contribution in [-0.4, -0.2) is 57.4 Å². The Morgan fingerprint density at radius 2 is 1.90 bits per heavy atom. The molecule has 0 atom stereocenters. The summed E-state index contributed by atoms with van der Waals surface area (Å²) >= 11 is 1.50. The minimum absolute atomic E-state index is 0.0336. The van der Waals surface area contributed by atoms with Crippen LogP contribution in [0.25, 0.3) is 16.2 Å². The van der Waals surface area contributed by atoms with E-state index in [1.807, 2.05) is 40.6 Å². The number of aromatic nitrogens is 2. The van der Waals surface area contributed by atoms with Gasteiger partial charge in [0.05, 0.1) is 11.4 Å². The third-order valence-electron chi connectivity index (χ3n) is 5.80. The number of hydrogen-bond donors (Lipinski definition) is 1. The predicted octanol–water partition coefficient (Wildman–Crippen LogP) is 2.41. The van der Waals surface area contributed by atoms with E-state index >= 15 is 0 Å². The van der Waals surface area contributed by atoms with E-state index < -0.39 is 0 Å². The van der Waals surface area contributed by atoms with E-state index in [0.717, 1.165) is 60.9 Å². The van der Waals surface area contributed by atoms with E-state index in [0.29, 0.717) is 12.6 Å². The van der Waals surface area contributed by atoms with E-state index in [1.54, 1.807) is 10.5 Å². The Morgan fingerprint density at radius 3 is 2.62 bits per heavy atom. The molecule has 2 aliphatic heterocycles. The summed E-state index contributed by atoms with van der Waals surface area (Å²) in [6, 6.07) is 12.0. The van der Waals surface area contributed by atoms with Crippen molar-refractivity contribution in [2.24, 2.45) is 0 Å². The van der Waals surface area contributed by atoms with Gasteiger partial charge < -0.3 is 10.2 Å². The highest BCUT2D eigenvalue weighted by Crippen LogP contribution is 2.24. The van der Waals surface area contributed by atoms with Gasteiger partial charge in [-0.25, -0.2) is 9.78 Å². The molecule has 3 aromatic rings. The minimum Gasteiger partial charge on any atom is -0.336 e. The highest BCUT2D eigenvalue weighted by Gasteiger charge is 2.30. The summed E-state index contributed by atoms with van der Waals surface area (Å²) in [5, 5.41) is 4.88. The van der Waals surface area contributed by atoms with Gasteiger partial charge in [-0.15, -0.1) is 11.3 Å². The lowest BCUT2D eigenvalue weighted by molar-refractivity contribution is 0.131. The molecule has 0 unspecified atom stereocenters. The Morgan fingerprint density at radius 1 is 1.10 bits per heavy atom. The number of nitrogens with zero attached hydrogens (tertiary/aromatic N) is 4. The van der Waals surface area contributed by atoms with Crippen molar-refractivity contribution in [2.45, 2.75) is 25.4 Å². The highest BCUT2D eigenvalue weighted by atomic mass is 32.1. The van der Waals surface area contributed by atoms with Crippen LogP contribution in [-0.2, 0) is 6.54 Å². The number of likely N-dealkylation sites (tertiary alicyclic amines) is 1. The molecule has 8 heteroatoms. The highest BCUT2D eigenvalue weighted by molar-refractivity contribution is 7.15. The number of nitrogens with one attached hydrogen (secondary N) is 1. The number of amides is 2. The normalized spacial score (nSPS) is 18.5. The van der Waals surface area contributed by atoms with E-state index in [2.05, 4.69) is 10.2 Å². The summed E-state index contributed by atoms with van der Waals surface area (Å²) in [4.78, 5) is 34.5. The second-order valence-electron chi connectivity index (χ2n) is 7.62. The molecule has 1 N–H and O–H groups in total. The lowest BCUT2D eigenvalue weighted by atomic mass is 10.0. The summed E-state index contributed by atoms with van der Waals surface area (Å²) in [6.07, 6.45) is 1.93. The van der Waals surface area contributed by atoms with Gasteiger partial charge >= 0.3 is 6.03 Å². The molecule has 2 aliphatic rings. The molecule has 150 valence electrons. The average Bonchev–Trinajstić information content (AvgIpc) is 3.36. The van der Waals surface area contributed by atoms with Crippen LogP contribution in [0.5, 0.6) is 0 Å². The number of piperidine rings is 1. The lowest BCUT2D eigenvalue weighted by Crippen LogP contribution is -2.46. The van der Waals surface area contributed by atoms with Crippen LogP contribution in [0.4, 0.5) is 4.79 Å². The first-order valence-corrected chi connectivity index (χ1v) is 10.9. The zero-order valence-electron chi connectivity index (χ0n) is 16.1. The van der Waals surface area contributed by atoms with E-state index in [1.165, 1.54) is 11.3 Å². The lowest BCUT2D eigenvalue weighted by Gasteiger charge is -2.35. The Bertz CT molecular complexity index is 1090. The molecule has 7 nitrogen and oxygen atoms in total. The topological polar surface area (TPSA) is 70.0 Å². The van der Waals surface area contributed by atoms with Crippen LogP contribution >= 0.6 is 11.3 Å². The Hall–Kier alpha value is -2.71. The molecule has 2 saturated heterocycles. The molecule has 0 aliphatic carbocycles. The van der Waals surface area contributed by atoms with Gasteiger partial charge in [0, 0.05) is 50.2 Å². The van der Waals surface area contributed by atoms with E-state index in [4.69, 9.17) is 4.98 Å². The fourth-order valence-electron chi connectivity index (χ4n) is 4.31. The molecule has 2 aromatic heterocycles. The third kappa shape index (κ3) is 3.54. The van der Waals surface area contributed by atoms with Crippen molar-refractivity contribution in [1.29, 1.82) is 0 Å². The number of urea groups is 1. The van der Waals surface area contributed by atoms with Crippen LogP contribution in [0.15, 0.2) is 46.6 Å². The van der Waals surface area contributed by atoms with Crippen molar-refractivity contribution in [2.75, 3.05) is 26.2 Å². The molecule has 0 saturated carbocycles. The van der Waals surface area contributed by atoms with Crippen molar-refractivity contribution in [1.82, 2.24) is 24.5 Å². The van der Waals surface area contributed by atoms with Gasteiger partial charge in [-0.1, -0.05) is 30.3 Å². The molecule has 5 rings (SSSR count). The Balaban J connectivity index is 1.31. The number of thiazole rings is 1. The quantitative estimate of drug-likeness (QED) is 0.719. The molecule has 0 bridgehead atoms. The molecule has 29 heavy (non-hydrogen) atoms. The Labute approximate surface area is 172 Å². The number of carbonyl (C=O) groups excluding carboxylic acids is 1. The molecule has 1 aromatic carbocycles. The fourth-order valence-corrected chi connectivity index (χ4v) is 5.23. The number of carbonyl (C=O) groups is 1. The van der Waals surface area contributed by atoms with Crippen LogP contribution < -0.4 is 10.9 Å². The molecule has 2 amide bonds. The summed E-state index contributed by atoms with van der Waals surface area (Å²) < 4.78 is 1.70. The molecule has 0 spiro atoms. The first-order valence-electron chi connectivity index (χ1n) is 10.0. The molecular formula is C21H23N5O2S. The summed E-state index contributed by atoms with van der Waals surface area (Å²) in [7, 11) is 0. The zero-order valence-corrected chi connectivity index (χ0v) is 16.9. The number of fused-ring (bicyclic) bond motifs is 1. The van der Waals surface area contributed by atoms with E-state index in [9.17, 15) is 9.59 Å². The van der Waals surface area contributed by atoms with Crippen molar-refractivity contribution in [3.05, 3.63) is 57.8 Å². The molecule has 2 fully saturated rings. The largest absolute Gasteiger partial charge is 0.336 e. The fraction of sp³-hybridized carbons (Fsp3) is 0.381. The summed E-state index contributed by atoms with van der Waals surface area (Å²) in [5.74, 6) is 0. The van der Waals surface area contributed by atoms with Crippen molar-refractivity contribution >= 4 is 22.3 Å². The summed E-state index contributed by atoms with van der Waals surface area (Å²) in [6.45, 7) is 4.05. The maximum Gasteiger partial charge on any atom is 0.317 e. The zero-order chi connectivity index (χ0) is 19.8. The smallest absolute Gasteiger partial charge is 0.317 e. The molecular weight excluding hydrogens is 386 g/mol. The van der Waals surface area contributed by atoms with E-state index in [-0.39, 0.29) is 11.6 Å². The van der Waals surface area contributed by atoms with Gasteiger partial charge in [-0.05, 0) is 18.4 Å². The standard InChI is InChI=1S/C21H23N5O2S/c27-19-12-16(13-24-9-6-17(7-10-24)25-11-8-22-20(25)28)23-21-26(19)18(14-29-21)15-4-2-1-3-5-15/h1-5,12,14,17H,6-11,13H2,(H,22,28). The van der Waals surface area contributed by atoms with Gasteiger partial charge in [0.1, 0.15) is 0 Å². The monoisotopic (exact) mass is 409 g/mol. The first-order chi connectivity index (χ1) is 14.2. The van der Waals surface area contributed by atoms with Crippen LogP contribution in [0.1, 0.15) is 18.5 Å². The van der Waals surface area contributed by atoms with Gasteiger partial charge in [0.25, 0.3) is 5.56 Å². The second-order valence-corrected chi connectivity index (χ2v) is 8.46. The van der Waals surface area contributed by atoms with Gasteiger partial charge in [0.15, 0.2) is 4.96 Å². The van der Waals surface area contributed by atoms with Crippen molar-refractivity contribution in [3.8, 4) is 11.3 Å². The van der Waals surface area contributed by atoms with Crippen LogP contribution in [0.2, 0.25) is 0 Å². The van der Waals surface area contributed by atoms with Crippen LogP contribution in [0, 0.1) is 0 Å². The number of hydrogen-bond acceptors (Lipinski definition) is 5. The summed E-state index contributed by atoms with van der Waals surface area (Å²) in [5.41, 5.74) is 2.69. The van der Waals surface area contributed by atoms with Crippen molar-refractivity contribution in [3.63, 3.8) is 0 Å². The number of benzene rings is 1. The van der Waals surface area contributed by atoms with Crippen molar-refractivity contribution < 1.29 is 4.79 Å². The van der Waals surface area contributed by atoms with Gasteiger partial charge in [0.2, 0.25) is 0 Å². The predicted molar refractivity (Wildman–Crippen MR) is 113 cm³/mol. The van der Waals surface area contributed by atoms with Crippen LogP contribution in [0.3, 0.4) is 0 Å². The average molecular weight is 410 g/mol. The van der Waals surface area contributed by atoms with Gasteiger partial charge in [-0.2, -0.15) is 0 Å². The first kappa shape index (κ1) is 18.3. The minimum atomic E-state index is -0.0336. The molecule has 0 radical (unpaired) electrons. The number of rotatable bonds is 4. The van der Waals surface area contributed by atoms with Gasteiger partial charge in [-0.3, -0.25) is 14.1 Å².